The van der Waals surface area contributed by atoms with Crippen molar-refractivity contribution in [1.29, 1.82) is 0 Å². The summed E-state index contributed by atoms with van der Waals surface area (Å²) >= 11 is 0. The van der Waals surface area contributed by atoms with Crippen LogP contribution in [0.2, 0.25) is 0 Å². The first kappa shape index (κ1) is 16.8. The molecule has 26 heavy (non-hydrogen) atoms. The van der Waals surface area contributed by atoms with Crippen LogP contribution in [0.15, 0.2) is 4.99 Å². The summed E-state index contributed by atoms with van der Waals surface area (Å²) < 4.78 is 1.40. The Bertz CT molecular complexity index is 524. The molecule has 2 nitrogen and oxygen atoms in total. The molecule has 0 aromatic rings. The predicted molar refractivity (Wildman–Crippen MR) is 100 cm³/mol. The summed E-state index contributed by atoms with van der Waals surface area (Å²) in [6, 6.07) is 0. The maximum atomic E-state index is 5.00. The number of aliphatic imine (C=N–C) groups is 1. The van der Waals surface area contributed by atoms with E-state index in [9.17, 15) is 0 Å². The Morgan fingerprint density at radius 1 is 0.615 bits per heavy atom. The van der Waals surface area contributed by atoms with E-state index in [-0.39, 0.29) is 12.4 Å². The molecule has 1 aliphatic heterocycles. The summed E-state index contributed by atoms with van der Waals surface area (Å²) in [5.74, 6) is 6.44. The Morgan fingerprint density at radius 2 is 0.962 bits per heavy atom. The van der Waals surface area contributed by atoms with Gasteiger partial charge in [0.25, 0.3) is 0 Å². The smallest absolute Gasteiger partial charge is 0.186 e. The fourth-order valence-electron chi connectivity index (χ4n) is 10.8. The van der Waals surface area contributed by atoms with E-state index in [4.69, 9.17) is 4.99 Å². The van der Waals surface area contributed by atoms with E-state index in [1.807, 2.05) is 0 Å². The van der Waals surface area contributed by atoms with Gasteiger partial charge in [-0.2, -0.15) is 0 Å². The molecule has 9 aliphatic rings. The number of hydrogen-bond acceptors (Lipinski definition) is 1. The average Bonchev–Trinajstić information content (AvgIpc) is 3.04. The zero-order valence-electron chi connectivity index (χ0n) is 16.2. The van der Waals surface area contributed by atoms with Gasteiger partial charge in [0, 0.05) is 38.5 Å². The van der Waals surface area contributed by atoms with Crippen LogP contribution in [0.3, 0.4) is 0 Å². The van der Waals surface area contributed by atoms with Gasteiger partial charge in [0.05, 0.1) is 6.54 Å². The van der Waals surface area contributed by atoms with Crippen LogP contribution in [-0.4, -0.2) is 35.0 Å². The van der Waals surface area contributed by atoms with Crippen molar-refractivity contribution in [1.82, 2.24) is 0 Å². The summed E-state index contributed by atoms with van der Waals surface area (Å²) in [5, 5.41) is 0. The van der Waals surface area contributed by atoms with Crippen LogP contribution in [0, 0.1) is 35.5 Å². The fraction of sp³-hybridized carbons (Fsp3) is 0.957. The summed E-state index contributed by atoms with van der Waals surface area (Å²) in [7, 11) is 0. The van der Waals surface area contributed by atoms with Crippen molar-refractivity contribution < 1.29 is 16.9 Å². The minimum atomic E-state index is 0. The van der Waals surface area contributed by atoms with Crippen LogP contribution in [0.4, 0.5) is 0 Å². The van der Waals surface area contributed by atoms with Crippen LogP contribution in [0.5, 0.6) is 0 Å². The lowest BCUT2D eigenvalue weighted by atomic mass is 9.47. The largest absolute Gasteiger partial charge is 1.00 e. The topological polar surface area (TPSA) is 12.4 Å². The van der Waals surface area contributed by atoms with Gasteiger partial charge in [0.2, 0.25) is 0 Å². The molecule has 8 bridgehead atoms. The molecule has 0 N–H and O–H groups in total. The number of nitrogens with zero attached hydrogens (tertiary/aromatic N) is 2. The lowest BCUT2D eigenvalue weighted by Gasteiger charge is -2.70. The van der Waals surface area contributed by atoms with E-state index < -0.39 is 0 Å². The first-order valence-electron chi connectivity index (χ1n) is 11.6. The molecule has 0 radical (unpaired) electrons. The lowest BCUT2D eigenvalue weighted by molar-refractivity contribution is -0.945. The van der Waals surface area contributed by atoms with Crippen molar-refractivity contribution in [2.45, 2.75) is 88.1 Å². The Balaban J connectivity index is 0.00000137. The highest BCUT2D eigenvalue weighted by molar-refractivity contribution is 5.51. The minimum absolute atomic E-state index is 0. The molecule has 8 aliphatic carbocycles. The standard InChI is InChI=1S/C23H35N2.ClH/c1-2-25(15-24-1,22-9-16-3-17(10-22)5-18(4-16)11-22)23-12-19-6-20(13-23)8-21(7-19)14-23;/h15-21H,1-14H2;1H/q+1;/p-1. The highest BCUT2D eigenvalue weighted by Gasteiger charge is 2.71. The van der Waals surface area contributed by atoms with E-state index in [1.54, 1.807) is 77.0 Å². The molecule has 9 rings (SSSR count). The van der Waals surface area contributed by atoms with E-state index in [2.05, 4.69) is 6.34 Å². The zero-order chi connectivity index (χ0) is 16.3. The first-order valence-corrected chi connectivity index (χ1v) is 11.6. The quantitative estimate of drug-likeness (QED) is 0.653. The molecule has 0 aromatic carbocycles. The number of halogens is 1. The lowest BCUT2D eigenvalue weighted by Crippen LogP contribution is -3.00. The number of rotatable bonds is 2. The van der Waals surface area contributed by atoms with Crippen LogP contribution in [0.25, 0.3) is 0 Å². The Morgan fingerprint density at radius 3 is 1.23 bits per heavy atom. The van der Waals surface area contributed by atoms with E-state index in [0.717, 1.165) is 42.1 Å². The van der Waals surface area contributed by atoms with Gasteiger partial charge >= 0.3 is 0 Å². The predicted octanol–water partition coefficient (Wildman–Crippen LogP) is 1.79. The minimum Gasteiger partial charge on any atom is -1.00 e. The normalized spacial score (nSPS) is 61.2. The maximum absolute atomic E-state index is 5.00. The Labute approximate surface area is 165 Å². The van der Waals surface area contributed by atoms with Gasteiger partial charge < -0.3 is 12.4 Å². The third kappa shape index (κ3) is 1.92. The van der Waals surface area contributed by atoms with Crippen molar-refractivity contribution >= 4 is 6.34 Å². The highest BCUT2D eigenvalue weighted by Crippen LogP contribution is 2.67. The monoisotopic (exact) mass is 374 g/mol. The van der Waals surface area contributed by atoms with Crippen molar-refractivity contribution in [3.8, 4) is 0 Å². The van der Waals surface area contributed by atoms with Gasteiger partial charge in [-0.15, -0.1) is 0 Å². The van der Waals surface area contributed by atoms with Crippen LogP contribution in [-0.2, 0) is 0 Å². The molecular weight excluding hydrogens is 340 g/mol. The van der Waals surface area contributed by atoms with E-state index in [1.165, 1.54) is 11.0 Å². The van der Waals surface area contributed by atoms with Gasteiger partial charge in [-0.05, 0) is 74.0 Å². The molecule has 8 saturated carbocycles. The van der Waals surface area contributed by atoms with E-state index >= 15 is 0 Å². The highest BCUT2D eigenvalue weighted by atomic mass is 35.5. The summed E-state index contributed by atoms with van der Waals surface area (Å²) in [6.45, 7) is 2.50. The second-order valence-electron chi connectivity index (χ2n) is 11.9. The van der Waals surface area contributed by atoms with Crippen LogP contribution < -0.4 is 12.4 Å². The zero-order valence-corrected chi connectivity index (χ0v) is 17.0. The maximum Gasteiger partial charge on any atom is 0.186 e. The molecule has 0 amide bonds. The van der Waals surface area contributed by atoms with Gasteiger partial charge in [-0.1, -0.05) is 0 Å². The molecule has 144 valence electrons. The third-order valence-electron chi connectivity index (χ3n) is 10.6. The number of quaternary nitrogens is 1. The molecule has 0 unspecified atom stereocenters. The fourth-order valence-corrected chi connectivity index (χ4v) is 10.8. The molecule has 8 fully saturated rings. The SMILES string of the molecule is C1=NCC[N+]1(C12CC3CC(CC(C3)C1)C2)C12CC3CC(CC(C3)C1)C2.[Cl-]. The summed E-state index contributed by atoms with van der Waals surface area (Å²) in [6.07, 6.45) is 21.4. The van der Waals surface area contributed by atoms with Crippen LogP contribution >= 0.6 is 0 Å². The van der Waals surface area contributed by atoms with Crippen molar-refractivity contribution in [2.75, 3.05) is 13.1 Å². The summed E-state index contributed by atoms with van der Waals surface area (Å²) in [5.41, 5.74) is 1.22. The van der Waals surface area contributed by atoms with E-state index in [0.29, 0.717) is 11.1 Å². The average molecular weight is 375 g/mol. The van der Waals surface area contributed by atoms with Gasteiger partial charge in [-0.25, -0.2) is 4.99 Å². The van der Waals surface area contributed by atoms with Gasteiger partial charge in [0.1, 0.15) is 17.6 Å². The molecule has 0 atom stereocenters. The first-order chi connectivity index (χ1) is 12.2. The molecule has 0 aromatic heterocycles. The van der Waals surface area contributed by atoms with Crippen molar-refractivity contribution in [3.63, 3.8) is 0 Å². The molecule has 0 spiro atoms. The van der Waals surface area contributed by atoms with Gasteiger partial charge in [0.15, 0.2) is 6.34 Å². The van der Waals surface area contributed by atoms with Crippen molar-refractivity contribution in [3.05, 3.63) is 0 Å². The molecular formula is C23H35ClN2. The Kier molecular flexibility index (Phi) is 3.43. The van der Waals surface area contributed by atoms with Crippen LogP contribution in [0.1, 0.15) is 77.0 Å². The Hall–Kier alpha value is -0.0800. The molecule has 0 saturated heterocycles. The third-order valence-corrected chi connectivity index (χ3v) is 10.6. The molecule has 3 heteroatoms. The second kappa shape index (κ2) is 5.29. The van der Waals surface area contributed by atoms with Gasteiger partial charge in [-0.3, -0.25) is 4.48 Å². The second-order valence-corrected chi connectivity index (χ2v) is 11.9. The summed E-state index contributed by atoms with van der Waals surface area (Å²) in [4.78, 5) is 5.00. The molecule has 1 heterocycles. The number of hydrogen-bond donors (Lipinski definition) is 0. The van der Waals surface area contributed by atoms with Crippen molar-refractivity contribution in [2.24, 2.45) is 40.5 Å².